The number of benzene rings is 4. The molecule has 0 unspecified atom stereocenters. The van der Waals surface area contributed by atoms with E-state index in [0.29, 0.717) is 0 Å². The van der Waals surface area contributed by atoms with Gasteiger partial charge in [0, 0.05) is 17.1 Å². The molecule has 5 rings (SSSR count). The Balaban J connectivity index is 0.000000741. The molecule has 0 spiro atoms. The van der Waals surface area contributed by atoms with Gasteiger partial charge in [-0.15, -0.1) is 0 Å². The number of nitrogens with zero attached hydrogens (tertiary/aromatic N) is 1. The van der Waals surface area contributed by atoms with Crippen LogP contribution in [0.4, 0.5) is 17.1 Å². The van der Waals surface area contributed by atoms with Crippen LogP contribution >= 0.6 is 0 Å². The fraction of sp³-hybridized carbons (Fsp3) is 0.294. The zero-order valence-corrected chi connectivity index (χ0v) is 24.3. The molecule has 1 aliphatic rings. The lowest BCUT2D eigenvalue weighted by Gasteiger charge is -2.37. The van der Waals surface area contributed by atoms with Gasteiger partial charge in [0.25, 0.3) is 0 Å². The van der Waals surface area contributed by atoms with E-state index in [9.17, 15) is 0 Å². The molecule has 0 radical (unpaired) electrons. The summed E-state index contributed by atoms with van der Waals surface area (Å²) >= 11 is 0. The molecule has 0 aliphatic carbocycles. The van der Waals surface area contributed by atoms with Gasteiger partial charge in [0.1, 0.15) is 0 Å². The summed E-state index contributed by atoms with van der Waals surface area (Å²) in [6.07, 6.45) is 0. The van der Waals surface area contributed by atoms with Crippen LogP contribution in [0, 0.1) is 13.8 Å². The second kappa shape index (κ2) is 16.4. The van der Waals surface area contributed by atoms with Crippen LogP contribution in [0.25, 0.3) is 0 Å². The Labute approximate surface area is 222 Å². The Kier molecular flexibility index (Phi) is 14.0. The zero-order valence-electron chi connectivity index (χ0n) is 24.3. The Morgan fingerprint density at radius 3 is 1.28 bits per heavy atom. The Bertz CT molecular complexity index is 1080. The van der Waals surface area contributed by atoms with Crippen LogP contribution in [0.15, 0.2) is 97.1 Å². The highest BCUT2D eigenvalue weighted by Gasteiger charge is 2.35. The molecule has 4 aromatic rings. The predicted molar refractivity (Wildman–Crippen MR) is 167 cm³/mol. The van der Waals surface area contributed by atoms with Crippen LogP contribution in [-0.4, -0.2) is 6.71 Å². The molecule has 1 heterocycles. The second-order valence-electron chi connectivity index (χ2n) is 7.53. The molecule has 4 aromatic carbocycles. The van der Waals surface area contributed by atoms with E-state index in [1.54, 1.807) is 0 Å². The van der Waals surface area contributed by atoms with Crippen molar-refractivity contribution in [3.63, 3.8) is 0 Å². The maximum Gasteiger partial charge on any atom is 0.247 e. The highest BCUT2D eigenvalue weighted by atomic mass is 15.1. The minimum Gasteiger partial charge on any atom is -0.312 e. The Morgan fingerprint density at radius 1 is 0.444 bits per heavy atom. The number of aryl methyl sites for hydroxylation is 2. The van der Waals surface area contributed by atoms with Crippen molar-refractivity contribution < 1.29 is 0 Å². The molecule has 0 atom stereocenters. The van der Waals surface area contributed by atoms with Crippen molar-refractivity contribution in [1.82, 2.24) is 0 Å². The van der Waals surface area contributed by atoms with E-state index in [0.717, 1.165) is 0 Å². The van der Waals surface area contributed by atoms with Gasteiger partial charge in [-0.3, -0.25) is 0 Å². The summed E-state index contributed by atoms with van der Waals surface area (Å²) in [6, 6.07) is 35.0. The van der Waals surface area contributed by atoms with Gasteiger partial charge >= 0.3 is 0 Å². The predicted octanol–water partition coefficient (Wildman–Crippen LogP) is 8.71. The lowest BCUT2D eigenvalue weighted by atomic mass is 9.34. The van der Waals surface area contributed by atoms with Gasteiger partial charge in [-0.1, -0.05) is 145 Å². The highest BCUT2D eigenvalue weighted by molar-refractivity contribution is 6.98. The average Bonchev–Trinajstić information content (AvgIpc) is 2.97. The van der Waals surface area contributed by atoms with Gasteiger partial charge < -0.3 is 4.90 Å². The largest absolute Gasteiger partial charge is 0.312 e. The lowest BCUT2D eigenvalue weighted by Crippen LogP contribution is -2.58. The van der Waals surface area contributed by atoms with Gasteiger partial charge in [-0.05, 0) is 49.0 Å². The van der Waals surface area contributed by atoms with Crippen molar-refractivity contribution in [1.29, 1.82) is 0 Å². The third kappa shape index (κ3) is 6.49. The summed E-state index contributed by atoms with van der Waals surface area (Å²) < 4.78 is 0. The summed E-state index contributed by atoms with van der Waals surface area (Å²) in [5.41, 5.74) is 10.6. The van der Waals surface area contributed by atoms with Gasteiger partial charge in [-0.25, -0.2) is 0 Å². The van der Waals surface area contributed by atoms with E-state index < -0.39 is 0 Å². The molecule has 0 saturated carbocycles. The molecule has 0 fully saturated rings. The average molecular weight is 480 g/mol. The lowest BCUT2D eigenvalue weighted by molar-refractivity contribution is 1.29. The van der Waals surface area contributed by atoms with Crippen molar-refractivity contribution in [3.8, 4) is 0 Å². The van der Waals surface area contributed by atoms with E-state index >= 15 is 0 Å². The van der Waals surface area contributed by atoms with E-state index in [1.165, 1.54) is 44.6 Å². The molecule has 0 amide bonds. The summed E-state index contributed by atoms with van der Waals surface area (Å²) in [4.78, 5) is 2.40. The summed E-state index contributed by atoms with van der Waals surface area (Å²) in [5, 5.41) is 0. The third-order valence-electron chi connectivity index (χ3n) is 5.82. The van der Waals surface area contributed by atoms with E-state index in [1.807, 2.05) is 55.4 Å². The summed E-state index contributed by atoms with van der Waals surface area (Å²) in [7, 11) is 0. The van der Waals surface area contributed by atoms with E-state index in [2.05, 4.69) is 116 Å². The number of hydrogen-bond donors (Lipinski definition) is 0. The van der Waals surface area contributed by atoms with Gasteiger partial charge in [0.15, 0.2) is 0 Å². The van der Waals surface area contributed by atoms with Crippen LogP contribution in [0.1, 0.15) is 66.5 Å². The minimum absolute atomic E-state index is 0.244. The number of hydrogen-bond acceptors (Lipinski definition) is 1. The molecule has 0 saturated heterocycles. The maximum atomic E-state index is 2.40. The molecule has 0 N–H and O–H groups in total. The molecule has 1 aliphatic heterocycles. The molecular weight excluding hydrogens is 433 g/mol. The number of rotatable bonds is 2. The number of anilines is 3. The first-order chi connectivity index (χ1) is 17.8. The van der Waals surface area contributed by atoms with Crippen molar-refractivity contribution >= 4 is 40.2 Å². The molecular formula is C34H46BN. The SMILES string of the molecule is CC.CC.CC.CC.Cc1cccc(C)c1B1c2ccccc2N(c2ccccc2)c2ccccc21. The molecule has 190 valence electrons. The summed E-state index contributed by atoms with van der Waals surface area (Å²) in [5.74, 6) is 0. The zero-order chi connectivity index (χ0) is 27.1. The van der Waals surface area contributed by atoms with Crippen LogP contribution in [0.2, 0.25) is 0 Å². The first-order valence-corrected chi connectivity index (χ1v) is 13.8. The van der Waals surface area contributed by atoms with Gasteiger partial charge in [-0.2, -0.15) is 0 Å². The van der Waals surface area contributed by atoms with Crippen molar-refractivity contribution in [2.45, 2.75) is 69.2 Å². The normalized spacial score (nSPS) is 10.4. The first kappa shape index (κ1) is 30.8. The number of para-hydroxylation sites is 3. The van der Waals surface area contributed by atoms with Crippen LogP contribution in [0.5, 0.6) is 0 Å². The standard InChI is InChI=1S/C26H22BN.4C2H6/c1-19-11-10-12-20(2)26(19)27-22-15-6-8-17-24(22)28(21-13-4-3-5-14-21)25-18-9-7-16-23(25)27;4*1-2/h3-18H,1-2H3;4*1-2H3. The Hall–Kier alpha value is -3.26. The van der Waals surface area contributed by atoms with Gasteiger partial charge in [0.05, 0.1) is 0 Å². The monoisotopic (exact) mass is 479 g/mol. The number of fused-ring (bicyclic) bond motifs is 2. The third-order valence-corrected chi connectivity index (χ3v) is 5.82. The molecule has 2 heteroatoms. The van der Waals surface area contributed by atoms with Crippen LogP contribution in [0.3, 0.4) is 0 Å². The molecule has 0 aromatic heterocycles. The molecule has 1 nitrogen and oxygen atoms in total. The van der Waals surface area contributed by atoms with Crippen molar-refractivity contribution in [3.05, 3.63) is 108 Å². The van der Waals surface area contributed by atoms with Crippen molar-refractivity contribution in [2.24, 2.45) is 0 Å². The highest BCUT2D eigenvalue weighted by Crippen LogP contribution is 2.35. The van der Waals surface area contributed by atoms with Crippen molar-refractivity contribution in [2.75, 3.05) is 4.90 Å². The van der Waals surface area contributed by atoms with Crippen LogP contribution < -0.4 is 21.3 Å². The smallest absolute Gasteiger partial charge is 0.247 e. The van der Waals surface area contributed by atoms with Gasteiger partial charge in [0.2, 0.25) is 6.71 Å². The van der Waals surface area contributed by atoms with E-state index in [-0.39, 0.29) is 6.71 Å². The second-order valence-corrected chi connectivity index (χ2v) is 7.53. The first-order valence-electron chi connectivity index (χ1n) is 13.8. The van der Waals surface area contributed by atoms with Crippen LogP contribution in [-0.2, 0) is 0 Å². The molecule has 0 bridgehead atoms. The fourth-order valence-corrected chi connectivity index (χ4v) is 4.62. The Morgan fingerprint density at radius 2 is 0.833 bits per heavy atom. The minimum atomic E-state index is 0.244. The fourth-order valence-electron chi connectivity index (χ4n) is 4.62. The maximum absolute atomic E-state index is 2.40. The quantitative estimate of drug-likeness (QED) is 0.229. The topological polar surface area (TPSA) is 3.24 Å². The van der Waals surface area contributed by atoms with E-state index in [4.69, 9.17) is 0 Å². The molecule has 36 heavy (non-hydrogen) atoms. The summed E-state index contributed by atoms with van der Waals surface area (Å²) in [6.45, 7) is 20.7.